The lowest BCUT2D eigenvalue weighted by atomic mass is 10.2. The Hall–Kier alpha value is -2.43. The van der Waals surface area contributed by atoms with Gasteiger partial charge < -0.3 is 20.9 Å². The van der Waals surface area contributed by atoms with E-state index in [0.717, 1.165) is 5.69 Å². The number of nitrogen functional groups attached to an aromatic ring is 1. The van der Waals surface area contributed by atoms with Crippen LogP contribution in [-0.4, -0.2) is 17.2 Å². The van der Waals surface area contributed by atoms with Gasteiger partial charge in [0.25, 0.3) is 0 Å². The topological polar surface area (TPSA) is 80.4 Å². The number of nitrogens with two attached hydrogens (primary N) is 1. The van der Waals surface area contributed by atoms with Crippen molar-refractivity contribution >= 4 is 17.1 Å². The molecule has 0 saturated carbocycles. The normalized spacial score (nSPS) is 9.94. The third-order valence-corrected chi connectivity index (χ3v) is 2.27. The Labute approximate surface area is 98.9 Å². The van der Waals surface area contributed by atoms with Crippen LogP contribution in [0.5, 0.6) is 11.6 Å². The molecule has 0 fully saturated rings. The van der Waals surface area contributed by atoms with Crippen LogP contribution in [0.25, 0.3) is 0 Å². The SMILES string of the molecule is COc1cc(Nc2ccc(O)cc2)c(N)cn1. The molecule has 0 radical (unpaired) electrons. The third-order valence-electron chi connectivity index (χ3n) is 2.27. The molecule has 0 saturated heterocycles. The summed E-state index contributed by atoms with van der Waals surface area (Å²) in [7, 11) is 1.54. The second-order valence-corrected chi connectivity index (χ2v) is 3.49. The van der Waals surface area contributed by atoms with E-state index >= 15 is 0 Å². The van der Waals surface area contributed by atoms with Crippen molar-refractivity contribution in [2.45, 2.75) is 0 Å². The van der Waals surface area contributed by atoms with Crippen LogP contribution in [0.3, 0.4) is 0 Å². The van der Waals surface area contributed by atoms with Gasteiger partial charge in [-0.3, -0.25) is 0 Å². The molecule has 5 heteroatoms. The number of nitrogens with one attached hydrogen (secondary N) is 1. The number of aromatic hydroxyl groups is 1. The Morgan fingerprint density at radius 3 is 2.65 bits per heavy atom. The average molecular weight is 231 g/mol. The molecule has 88 valence electrons. The highest BCUT2D eigenvalue weighted by molar-refractivity contribution is 5.72. The maximum atomic E-state index is 9.18. The molecule has 0 aliphatic carbocycles. The lowest BCUT2D eigenvalue weighted by Crippen LogP contribution is -1.98. The molecule has 0 spiro atoms. The summed E-state index contributed by atoms with van der Waals surface area (Å²) in [6, 6.07) is 8.40. The van der Waals surface area contributed by atoms with Gasteiger partial charge >= 0.3 is 0 Å². The molecule has 1 heterocycles. The minimum atomic E-state index is 0.218. The van der Waals surface area contributed by atoms with Crippen molar-refractivity contribution in [1.82, 2.24) is 4.98 Å². The fourth-order valence-electron chi connectivity index (χ4n) is 1.37. The lowest BCUT2D eigenvalue weighted by molar-refractivity contribution is 0.398. The standard InChI is InChI=1S/C12H13N3O2/c1-17-12-6-11(10(13)7-14-12)15-8-2-4-9(16)5-3-8/h2-7,16H,13H2,1H3,(H,14,15). The molecule has 0 bridgehead atoms. The molecule has 17 heavy (non-hydrogen) atoms. The van der Waals surface area contributed by atoms with Gasteiger partial charge in [0.1, 0.15) is 5.75 Å². The number of benzene rings is 1. The lowest BCUT2D eigenvalue weighted by Gasteiger charge is -2.10. The maximum Gasteiger partial charge on any atom is 0.215 e. The van der Waals surface area contributed by atoms with Crippen molar-refractivity contribution in [3.63, 3.8) is 0 Å². The van der Waals surface area contributed by atoms with E-state index in [1.807, 2.05) is 0 Å². The van der Waals surface area contributed by atoms with Crippen molar-refractivity contribution in [1.29, 1.82) is 0 Å². The Bertz CT molecular complexity index is 512. The molecule has 0 aliphatic rings. The van der Waals surface area contributed by atoms with Gasteiger partial charge in [0.2, 0.25) is 5.88 Å². The highest BCUT2D eigenvalue weighted by atomic mass is 16.5. The molecular formula is C12H13N3O2. The first kappa shape index (κ1) is 11.1. The first-order valence-corrected chi connectivity index (χ1v) is 5.04. The molecule has 0 aliphatic heterocycles. The smallest absolute Gasteiger partial charge is 0.215 e. The highest BCUT2D eigenvalue weighted by Gasteiger charge is 2.03. The van der Waals surface area contributed by atoms with Crippen LogP contribution in [-0.2, 0) is 0 Å². The minimum absolute atomic E-state index is 0.218. The van der Waals surface area contributed by atoms with Crippen molar-refractivity contribution < 1.29 is 9.84 Å². The van der Waals surface area contributed by atoms with E-state index in [-0.39, 0.29) is 5.75 Å². The number of pyridine rings is 1. The van der Waals surface area contributed by atoms with Crippen LogP contribution in [0.1, 0.15) is 0 Å². The fraction of sp³-hybridized carbons (Fsp3) is 0.0833. The Morgan fingerprint density at radius 2 is 2.00 bits per heavy atom. The first-order chi connectivity index (χ1) is 8.19. The zero-order valence-corrected chi connectivity index (χ0v) is 9.34. The number of hydrogen-bond donors (Lipinski definition) is 3. The number of methoxy groups -OCH3 is 1. The highest BCUT2D eigenvalue weighted by Crippen LogP contribution is 2.26. The molecule has 5 nitrogen and oxygen atoms in total. The van der Waals surface area contributed by atoms with E-state index in [1.54, 1.807) is 37.4 Å². The quantitative estimate of drug-likeness (QED) is 0.705. The summed E-state index contributed by atoms with van der Waals surface area (Å²) < 4.78 is 5.02. The number of anilines is 3. The van der Waals surface area contributed by atoms with E-state index in [2.05, 4.69) is 10.3 Å². The molecule has 0 atom stereocenters. The Morgan fingerprint density at radius 1 is 1.29 bits per heavy atom. The van der Waals surface area contributed by atoms with Crippen LogP contribution < -0.4 is 15.8 Å². The summed E-state index contributed by atoms with van der Waals surface area (Å²) in [6.45, 7) is 0. The Balaban J connectivity index is 2.25. The third kappa shape index (κ3) is 2.57. The number of rotatable bonds is 3. The molecule has 2 rings (SSSR count). The van der Waals surface area contributed by atoms with E-state index < -0.39 is 0 Å². The van der Waals surface area contributed by atoms with Gasteiger partial charge in [0.05, 0.1) is 24.7 Å². The largest absolute Gasteiger partial charge is 0.508 e. The van der Waals surface area contributed by atoms with Gasteiger partial charge in [0, 0.05) is 11.8 Å². The fourth-order valence-corrected chi connectivity index (χ4v) is 1.37. The van der Waals surface area contributed by atoms with Crippen LogP contribution in [0, 0.1) is 0 Å². The van der Waals surface area contributed by atoms with Crippen LogP contribution >= 0.6 is 0 Å². The van der Waals surface area contributed by atoms with Crippen LogP contribution in [0.4, 0.5) is 17.1 Å². The number of hydrogen-bond acceptors (Lipinski definition) is 5. The zero-order valence-electron chi connectivity index (χ0n) is 9.34. The van der Waals surface area contributed by atoms with Gasteiger partial charge in [-0.1, -0.05) is 0 Å². The predicted octanol–water partition coefficient (Wildman–Crippen LogP) is 2.12. The monoisotopic (exact) mass is 231 g/mol. The summed E-state index contributed by atoms with van der Waals surface area (Å²) in [4.78, 5) is 3.99. The van der Waals surface area contributed by atoms with Crippen molar-refractivity contribution in [2.75, 3.05) is 18.2 Å². The molecule has 0 amide bonds. The van der Waals surface area contributed by atoms with Crippen molar-refractivity contribution in [3.8, 4) is 11.6 Å². The molecule has 2 aromatic rings. The summed E-state index contributed by atoms with van der Waals surface area (Å²) in [5.41, 5.74) is 7.85. The molecule has 0 unspecified atom stereocenters. The van der Waals surface area contributed by atoms with E-state index in [9.17, 15) is 5.11 Å². The van der Waals surface area contributed by atoms with Gasteiger partial charge in [-0.25, -0.2) is 4.98 Å². The number of phenols is 1. The number of aromatic nitrogens is 1. The van der Waals surface area contributed by atoms with Gasteiger partial charge in [0.15, 0.2) is 0 Å². The van der Waals surface area contributed by atoms with Crippen LogP contribution in [0.2, 0.25) is 0 Å². The van der Waals surface area contributed by atoms with Gasteiger partial charge in [-0.2, -0.15) is 0 Å². The summed E-state index contributed by atoms with van der Waals surface area (Å²) in [6.07, 6.45) is 1.53. The number of nitrogens with zero attached hydrogens (tertiary/aromatic N) is 1. The van der Waals surface area contributed by atoms with E-state index in [4.69, 9.17) is 10.5 Å². The second kappa shape index (κ2) is 4.61. The van der Waals surface area contributed by atoms with Crippen molar-refractivity contribution in [3.05, 3.63) is 36.5 Å². The summed E-state index contributed by atoms with van der Waals surface area (Å²) in [5.74, 6) is 0.705. The van der Waals surface area contributed by atoms with E-state index in [0.29, 0.717) is 17.3 Å². The zero-order chi connectivity index (χ0) is 12.3. The molecular weight excluding hydrogens is 218 g/mol. The van der Waals surface area contributed by atoms with Gasteiger partial charge in [-0.15, -0.1) is 0 Å². The molecule has 1 aromatic carbocycles. The maximum absolute atomic E-state index is 9.18. The average Bonchev–Trinajstić information content (AvgIpc) is 2.35. The second-order valence-electron chi connectivity index (χ2n) is 3.49. The predicted molar refractivity (Wildman–Crippen MR) is 66.6 cm³/mol. The number of phenolic OH excluding ortho intramolecular Hbond substituents is 1. The van der Waals surface area contributed by atoms with Crippen LogP contribution in [0.15, 0.2) is 36.5 Å². The van der Waals surface area contributed by atoms with E-state index in [1.165, 1.54) is 6.20 Å². The molecule has 1 aromatic heterocycles. The first-order valence-electron chi connectivity index (χ1n) is 5.04. The van der Waals surface area contributed by atoms with Crippen molar-refractivity contribution in [2.24, 2.45) is 0 Å². The Kier molecular flexibility index (Phi) is 3.00. The van der Waals surface area contributed by atoms with Gasteiger partial charge in [-0.05, 0) is 24.3 Å². The summed E-state index contributed by atoms with van der Waals surface area (Å²) in [5, 5.41) is 12.3. The molecule has 4 N–H and O–H groups in total. The minimum Gasteiger partial charge on any atom is -0.508 e. The number of ether oxygens (including phenoxy) is 1. The summed E-state index contributed by atoms with van der Waals surface area (Å²) >= 11 is 0.